The molecule has 0 rings (SSSR count). The molecule has 0 saturated carbocycles. The molecule has 0 fully saturated rings. The number of rotatable bonds is 32. The Labute approximate surface area is 293 Å². The molecule has 0 heterocycles. The summed E-state index contributed by atoms with van der Waals surface area (Å²) in [5.41, 5.74) is 0. The Morgan fingerprint density at radius 1 is 0.426 bits per heavy atom. The summed E-state index contributed by atoms with van der Waals surface area (Å²) in [6.07, 6.45) is 35.3. The van der Waals surface area contributed by atoms with Crippen molar-refractivity contribution in [2.45, 2.75) is 228 Å². The van der Waals surface area contributed by atoms with Gasteiger partial charge in [-0.2, -0.15) is 0 Å². The Bertz CT molecular complexity index is 633. The van der Waals surface area contributed by atoms with E-state index in [1.54, 1.807) is 0 Å². The number of carboxylic acid groups (broad SMARTS) is 1. The average Bonchev–Trinajstić information content (AvgIpc) is 3.02. The molecule has 47 heavy (non-hydrogen) atoms. The first-order valence-corrected chi connectivity index (χ1v) is 20.3. The monoisotopic (exact) mass is 671 g/mol. The third kappa shape index (κ3) is 54.1. The largest absolute Gasteiger partial charge is 0.481 e. The van der Waals surface area contributed by atoms with E-state index in [2.05, 4.69) is 27.7 Å². The van der Waals surface area contributed by atoms with Crippen molar-refractivity contribution in [3.05, 3.63) is 0 Å². The molecule has 0 aromatic heterocycles. The molecule has 0 bridgehead atoms. The van der Waals surface area contributed by atoms with Gasteiger partial charge in [-0.3, -0.25) is 14.4 Å². The first-order chi connectivity index (χ1) is 22.7. The van der Waals surface area contributed by atoms with Gasteiger partial charge in [-0.15, -0.1) is 0 Å². The van der Waals surface area contributed by atoms with Gasteiger partial charge in [0, 0.05) is 19.3 Å². The lowest BCUT2D eigenvalue weighted by Crippen LogP contribution is -2.03. The number of carboxylic acids is 1. The summed E-state index contributed by atoms with van der Waals surface area (Å²) in [7, 11) is 0. The van der Waals surface area contributed by atoms with Crippen LogP contribution in [0.4, 0.5) is 0 Å². The van der Waals surface area contributed by atoms with Gasteiger partial charge in [-0.1, -0.05) is 175 Å². The number of hydrogen-bond acceptors (Lipinski definition) is 5. The highest BCUT2D eigenvalue weighted by atomic mass is 16.5. The lowest BCUT2D eigenvalue weighted by atomic mass is 10.0. The van der Waals surface area contributed by atoms with Crippen molar-refractivity contribution < 1.29 is 29.0 Å². The number of ether oxygens (including phenoxy) is 2. The van der Waals surface area contributed by atoms with Gasteiger partial charge in [-0.05, 0) is 39.0 Å². The SMILES string of the molecule is CC(C)CCCC(=O)O.CCCCCCCCCCCCCC(=O)OCC.CCCCCCCCCCCCCCCC(=O)OCC. The molecule has 1 N–H and O–H groups in total. The first kappa shape index (κ1) is 49.8. The van der Waals surface area contributed by atoms with Crippen LogP contribution in [0.1, 0.15) is 228 Å². The van der Waals surface area contributed by atoms with Crippen molar-refractivity contribution in [3.63, 3.8) is 0 Å². The van der Waals surface area contributed by atoms with Crippen LogP contribution in [0.25, 0.3) is 0 Å². The number of esters is 2. The second kappa shape index (κ2) is 44.4. The molecule has 0 aromatic rings. The third-order valence-corrected chi connectivity index (χ3v) is 8.25. The maximum Gasteiger partial charge on any atom is 0.305 e. The highest BCUT2D eigenvalue weighted by molar-refractivity contribution is 5.69. The van der Waals surface area contributed by atoms with Gasteiger partial charge < -0.3 is 14.6 Å². The third-order valence-electron chi connectivity index (χ3n) is 8.25. The van der Waals surface area contributed by atoms with E-state index in [4.69, 9.17) is 14.6 Å². The number of aliphatic carboxylic acids is 1. The lowest BCUT2D eigenvalue weighted by molar-refractivity contribution is -0.144. The fourth-order valence-corrected chi connectivity index (χ4v) is 5.35. The van der Waals surface area contributed by atoms with Crippen LogP contribution < -0.4 is 0 Å². The number of carbonyl (C=O) groups excluding carboxylic acids is 2. The molecule has 0 aliphatic carbocycles. The molecule has 6 nitrogen and oxygen atoms in total. The molecule has 0 aliphatic rings. The van der Waals surface area contributed by atoms with Crippen molar-refractivity contribution in [2.75, 3.05) is 13.2 Å². The molecular weight excluding hydrogens is 588 g/mol. The van der Waals surface area contributed by atoms with Crippen molar-refractivity contribution in [3.8, 4) is 0 Å². The predicted molar refractivity (Wildman–Crippen MR) is 201 cm³/mol. The summed E-state index contributed by atoms with van der Waals surface area (Å²) < 4.78 is 9.80. The Hall–Kier alpha value is -1.59. The second-order valence-corrected chi connectivity index (χ2v) is 13.6. The summed E-state index contributed by atoms with van der Waals surface area (Å²) in [6.45, 7) is 13.5. The molecule has 0 spiro atoms. The molecule has 0 aromatic carbocycles. The van der Waals surface area contributed by atoms with E-state index in [-0.39, 0.29) is 11.9 Å². The summed E-state index contributed by atoms with van der Waals surface area (Å²) in [5, 5.41) is 8.23. The van der Waals surface area contributed by atoms with Crippen LogP contribution in [0.3, 0.4) is 0 Å². The minimum absolute atomic E-state index is 0.0319. The molecule has 0 radical (unpaired) electrons. The van der Waals surface area contributed by atoms with Gasteiger partial charge >= 0.3 is 17.9 Å². The predicted octanol–water partition coefficient (Wildman–Crippen LogP) is 13.2. The molecule has 0 unspecified atom stereocenters. The van der Waals surface area contributed by atoms with Gasteiger partial charge in [-0.25, -0.2) is 0 Å². The first-order valence-electron chi connectivity index (χ1n) is 20.3. The summed E-state index contributed by atoms with van der Waals surface area (Å²) >= 11 is 0. The number of hydrogen-bond donors (Lipinski definition) is 1. The van der Waals surface area contributed by atoms with E-state index in [1.807, 2.05) is 13.8 Å². The van der Waals surface area contributed by atoms with Gasteiger partial charge in [0.25, 0.3) is 0 Å². The van der Waals surface area contributed by atoms with Crippen LogP contribution in [0.15, 0.2) is 0 Å². The fraction of sp³-hybridized carbons (Fsp3) is 0.927. The minimum Gasteiger partial charge on any atom is -0.481 e. The van der Waals surface area contributed by atoms with Crippen LogP contribution in [-0.4, -0.2) is 36.2 Å². The van der Waals surface area contributed by atoms with Crippen molar-refractivity contribution in [1.29, 1.82) is 0 Å². The van der Waals surface area contributed by atoms with Crippen LogP contribution in [0, 0.1) is 5.92 Å². The van der Waals surface area contributed by atoms with Crippen LogP contribution in [0.2, 0.25) is 0 Å². The van der Waals surface area contributed by atoms with E-state index < -0.39 is 5.97 Å². The van der Waals surface area contributed by atoms with E-state index in [1.165, 1.54) is 141 Å². The summed E-state index contributed by atoms with van der Waals surface area (Å²) in [6, 6.07) is 0. The van der Waals surface area contributed by atoms with Crippen LogP contribution in [-0.2, 0) is 23.9 Å². The molecule has 282 valence electrons. The lowest BCUT2D eigenvalue weighted by Gasteiger charge is -2.03. The van der Waals surface area contributed by atoms with Crippen LogP contribution >= 0.6 is 0 Å². The molecule has 0 atom stereocenters. The zero-order valence-electron chi connectivity index (χ0n) is 32.5. The zero-order valence-corrected chi connectivity index (χ0v) is 32.5. The van der Waals surface area contributed by atoms with Crippen molar-refractivity contribution in [1.82, 2.24) is 0 Å². The van der Waals surface area contributed by atoms with E-state index in [9.17, 15) is 14.4 Å². The van der Waals surface area contributed by atoms with Gasteiger partial charge in [0.1, 0.15) is 0 Å². The second-order valence-electron chi connectivity index (χ2n) is 13.6. The zero-order chi connectivity index (χ0) is 35.6. The topological polar surface area (TPSA) is 89.9 Å². The Morgan fingerprint density at radius 2 is 0.702 bits per heavy atom. The minimum atomic E-state index is -0.685. The number of unbranched alkanes of at least 4 members (excludes halogenated alkanes) is 22. The van der Waals surface area contributed by atoms with E-state index in [0.717, 1.165) is 25.7 Å². The van der Waals surface area contributed by atoms with Crippen molar-refractivity contribution >= 4 is 17.9 Å². The molecule has 0 saturated heterocycles. The van der Waals surface area contributed by atoms with E-state index in [0.29, 0.717) is 38.4 Å². The summed E-state index contributed by atoms with van der Waals surface area (Å²) in [5.74, 6) is -0.121. The Morgan fingerprint density at radius 3 is 0.936 bits per heavy atom. The molecule has 0 amide bonds. The fourth-order valence-electron chi connectivity index (χ4n) is 5.35. The van der Waals surface area contributed by atoms with Gasteiger partial charge in [0.15, 0.2) is 0 Å². The Balaban J connectivity index is -0.000000660. The molecule has 0 aliphatic heterocycles. The van der Waals surface area contributed by atoms with Crippen molar-refractivity contribution in [2.24, 2.45) is 5.92 Å². The summed E-state index contributed by atoms with van der Waals surface area (Å²) in [4.78, 5) is 32.2. The smallest absolute Gasteiger partial charge is 0.305 e. The van der Waals surface area contributed by atoms with Gasteiger partial charge in [0.05, 0.1) is 13.2 Å². The normalized spacial score (nSPS) is 10.5. The average molecular weight is 671 g/mol. The number of carbonyl (C=O) groups is 3. The quantitative estimate of drug-likeness (QED) is 0.0566. The van der Waals surface area contributed by atoms with E-state index >= 15 is 0 Å². The maximum absolute atomic E-state index is 11.1. The van der Waals surface area contributed by atoms with Gasteiger partial charge in [0.2, 0.25) is 0 Å². The Kier molecular flexibility index (Phi) is 47.0. The highest BCUT2D eigenvalue weighted by Gasteiger charge is 2.02. The molecular formula is C41H82O6. The highest BCUT2D eigenvalue weighted by Crippen LogP contribution is 2.14. The maximum atomic E-state index is 11.1. The van der Waals surface area contributed by atoms with Crippen LogP contribution in [0.5, 0.6) is 0 Å². The standard InChI is InChI=1S/C18H36O2.C16H32O2.C7H14O2/c1-3-5-6-7-8-9-10-11-12-13-14-15-16-17-18(19)20-4-2;1-3-5-6-7-8-9-10-11-12-13-14-15-16(17)18-4-2;1-6(2)4-3-5-7(8)9/h3-17H2,1-2H3;3-15H2,1-2H3;6H,3-5H2,1-2H3,(H,8,9). The molecule has 6 heteroatoms.